The summed E-state index contributed by atoms with van der Waals surface area (Å²) in [4.78, 5) is 14.2. The van der Waals surface area contributed by atoms with Crippen molar-refractivity contribution in [1.29, 1.82) is 0 Å². The number of rotatable bonds is 4. The highest BCUT2D eigenvalue weighted by molar-refractivity contribution is 5.97. The zero-order valence-corrected chi connectivity index (χ0v) is 12.5. The molecule has 1 aliphatic rings. The number of carbonyl (C=O) groups is 1. The van der Waals surface area contributed by atoms with Gasteiger partial charge in [-0.1, -0.05) is 42.6 Å². The van der Waals surface area contributed by atoms with Crippen molar-refractivity contribution < 1.29 is 10.0 Å². The van der Waals surface area contributed by atoms with E-state index in [-0.39, 0.29) is 17.7 Å². The largest absolute Gasteiger partial charge is 0.409 e. The van der Waals surface area contributed by atoms with Crippen LogP contribution < -0.4 is 5.73 Å². The topological polar surface area (TPSA) is 78.9 Å². The van der Waals surface area contributed by atoms with Crippen molar-refractivity contribution in [2.24, 2.45) is 16.8 Å². The van der Waals surface area contributed by atoms with Crippen molar-refractivity contribution in [2.75, 3.05) is 7.05 Å². The van der Waals surface area contributed by atoms with Gasteiger partial charge in [0.2, 0.25) is 5.91 Å². The van der Waals surface area contributed by atoms with Crippen LogP contribution in [0.2, 0.25) is 0 Å². The second-order valence-electron chi connectivity index (χ2n) is 5.71. The number of amides is 1. The summed E-state index contributed by atoms with van der Waals surface area (Å²) >= 11 is 0. The zero-order chi connectivity index (χ0) is 15.2. The Kier molecular flexibility index (Phi) is 5.20. The van der Waals surface area contributed by atoms with E-state index in [1.807, 2.05) is 25.2 Å². The molecule has 0 heterocycles. The van der Waals surface area contributed by atoms with Crippen molar-refractivity contribution >= 4 is 11.7 Å². The van der Waals surface area contributed by atoms with E-state index >= 15 is 0 Å². The van der Waals surface area contributed by atoms with Crippen LogP contribution in [0.5, 0.6) is 0 Å². The monoisotopic (exact) mass is 289 g/mol. The van der Waals surface area contributed by atoms with Crippen LogP contribution in [0.25, 0.3) is 0 Å². The molecule has 0 aromatic heterocycles. The number of oxime groups is 1. The minimum Gasteiger partial charge on any atom is -0.409 e. The third-order valence-corrected chi connectivity index (χ3v) is 4.08. The molecule has 21 heavy (non-hydrogen) atoms. The second kappa shape index (κ2) is 7.11. The van der Waals surface area contributed by atoms with E-state index in [1.165, 1.54) is 6.42 Å². The second-order valence-corrected chi connectivity index (χ2v) is 5.71. The first-order valence-corrected chi connectivity index (χ1v) is 7.43. The molecule has 1 amide bonds. The van der Waals surface area contributed by atoms with Gasteiger partial charge in [0, 0.05) is 25.1 Å². The van der Waals surface area contributed by atoms with Crippen LogP contribution in [0, 0.1) is 5.92 Å². The lowest BCUT2D eigenvalue weighted by molar-refractivity contribution is -0.135. The Morgan fingerprint density at radius 2 is 2.10 bits per heavy atom. The number of amidine groups is 1. The smallest absolute Gasteiger partial charge is 0.225 e. The summed E-state index contributed by atoms with van der Waals surface area (Å²) in [5, 5.41) is 11.7. The Hall–Kier alpha value is -2.04. The normalized spacial score (nSPS) is 16.7. The number of hydrogen-bond acceptors (Lipinski definition) is 3. The molecule has 5 heteroatoms. The first-order valence-electron chi connectivity index (χ1n) is 7.43. The summed E-state index contributed by atoms with van der Waals surface area (Å²) in [6, 6.07) is 7.42. The van der Waals surface area contributed by atoms with Gasteiger partial charge in [-0.15, -0.1) is 0 Å². The fraction of sp³-hybridized carbons (Fsp3) is 0.500. The van der Waals surface area contributed by atoms with Gasteiger partial charge in [0.1, 0.15) is 0 Å². The minimum absolute atomic E-state index is 0.0816. The van der Waals surface area contributed by atoms with E-state index < -0.39 is 0 Å². The molecule has 1 aromatic rings. The van der Waals surface area contributed by atoms with Gasteiger partial charge in [0.25, 0.3) is 0 Å². The summed E-state index contributed by atoms with van der Waals surface area (Å²) in [6.45, 7) is 0.544. The lowest BCUT2D eigenvalue weighted by Crippen LogP contribution is -2.33. The molecule has 114 valence electrons. The Balaban J connectivity index is 2.01. The summed E-state index contributed by atoms with van der Waals surface area (Å²) < 4.78 is 0. The van der Waals surface area contributed by atoms with Crippen LogP contribution in [-0.2, 0) is 11.3 Å². The van der Waals surface area contributed by atoms with Gasteiger partial charge in [-0.3, -0.25) is 4.79 Å². The van der Waals surface area contributed by atoms with Gasteiger partial charge in [0.05, 0.1) is 0 Å². The molecule has 1 aromatic carbocycles. The molecule has 0 unspecified atom stereocenters. The van der Waals surface area contributed by atoms with Crippen molar-refractivity contribution in [2.45, 2.75) is 38.6 Å². The number of carbonyl (C=O) groups excluding carboxylic acids is 1. The van der Waals surface area contributed by atoms with Gasteiger partial charge in [-0.05, 0) is 24.5 Å². The van der Waals surface area contributed by atoms with E-state index in [4.69, 9.17) is 10.9 Å². The van der Waals surface area contributed by atoms with Crippen molar-refractivity contribution in [3.63, 3.8) is 0 Å². The van der Waals surface area contributed by atoms with Crippen LogP contribution in [0.3, 0.4) is 0 Å². The molecule has 0 bridgehead atoms. The van der Waals surface area contributed by atoms with E-state index in [2.05, 4.69) is 5.16 Å². The van der Waals surface area contributed by atoms with Crippen LogP contribution in [0.1, 0.15) is 43.2 Å². The molecule has 0 atom stereocenters. The van der Waals surface area contributed by atoms with E-state index in [0.717, 1.165) is 31.2 Å². The van der Waals surface area contributed by atoms with E-state index in [1.54, 1.807) is 11.0 Å². The number of nitrogens with two attached hydrogens (primary N) is 1. The summed E-state index contributed by atoms with van der Waals surface area (Å²) in [6.07, 6.45) is 5.57. The van der Waals surface area contributed by atoms with E-state index in [0.29, 0.717) is 12.1 Å². The average molecular weight is 289 g/mol. The predicted octanol–water partition coefficient (Wildman–Crippen LogP) is 2.32. The first kappa shape index (κ1) is 15.4. The summed E-state index contributed by atoms with van der Waals surface area (Å²) in [5.41, 5.74) is 7.23. The molecule has 0 aliphatic heterocycles. The van der Waals surface area contributed by atoms with E-state index in [9.17, 15) is 4.79 Å². The van der Waals surface area contributed by atoms with Crippen LogP contribution >= 0.6 is 0 Å². The Bertz CT molecular complexity index is 522. The highest BCUT2D eigenvalue weighted by atomic mass is 16.4. The van der Waals surface area contributed by atoms with Gasteiger partial charge in [-0.2, -0.15) is 0 Å². The molecule has 3 N–H and O–H groups in total. The molecule has 0 radical (unpaired) electrons. The molecule has 1 saturated carbocycles. The molecular weight excluding hydrogens is 266 g/mol. The molecule has 0 spiro atoms. The molecule has 1 fully saturated rings. The van der Waals surface area contributed by atoms with Crippen molar-refractivity contribution in [3.05, 3.63) is 35.4 Å². The first-order chi connectivity index (χ1) is 10.1. The average Bonchev–Trinajstić information content (AvgIpc) is 2.54. The summed E-state index contributed by atoms with van der Waals surface area (Å²) in [5.74, 6) is 0.484. The number of benzene rings is 1. The highest BCUT2D eigenvalue weighted by Crippen LogP contribution is 2.25. The number of hydrogen-bond donors (Lipinski definition) is 2. The van der Waals surface area contributed by atoms with Gasteiger partial charge < -0.3 is 15.8 Å². The molecular formula is C16H23N3O2. The Morgan fingerprint density at radius 1 is 1.38 bits per heavy atom. The third kappa shape index (κ3) is 3.97. The van der Waals surface area contributed by atoms with Crippen LogP contribution in [0.15, 0.2) is 29.4 Å². The van der Waals surface area contributed by atoms with Gasteiger partial charge in [0.15, 0.2) is 5.84 Å². The maximum absolute atomic E-state index is 12.4. The maximum Gasteiger partial charge on any atom is 0.225 e. The lowest BCUT2D eigenvalue weighted by Gasteiger charge is -2.26. The minimum atomic E-state index is 0.0816. The quantitative estimate of drug-likeness (QED) is 0.386. The Morgan fingerprint density at radius 3 is 2.76 bits per heavy atom. The van der Waals surface area contributed by atoms with Crippen LogP contribution in [-0.4, -0.2) is 28.9 Å². The third-order valence-electron chi connectivity index (χ3n) is 4.08. The standard InChI is InChI=1S/C16H23N3O2/c1-19(16(20)13-7-3-2-4-8-13)11-12-6-5-9-14(10-12)15(17)18-21/h5-6,9-10,13,21H,2-4,7-8,11H2,1H3,(H2,17,18). The van der Waals surface area contributed by atoms with Crippen molar-refractivity contribution in [3.8, 4) is 0 Å². The molecule has 0 saturated heterocycles. The van der Waals surface area contributed by atoms with Gasteiger partial charge in [-0.25, -0.2) is 0 Å². The predicted molar refractivity (Wildman–Crippen MR) is 82.0 cm³/mol. The van der Waals surface area contributed by atoms with Crippen molar-refractivity contribution in [1.82, 2.24) is 4.90 Å². The maximum atomic E-state index is 12.4. The SMILES string of the molecule is CN(Cc1cccc(C(N)=NO)c1)C(=O)C1CCCCC1. The Labute approximate surface area is 125 Å². The van der Waals surface area contributed by atoms with Gasteiger partial charge >= 0.3 is 0 Å². The fourth-order valence-electron chi connectivity index (χ4n) is 2.90. The van der Waals surface area contributed by atoms with Crippen LogP contribution in [0.4, 0.5) is 0 Å². The lowest BCUT2D eigenvalue weighted by atomic mass is 9.88. The molecule has 2 rings (SSSR count). The fourth-order valence-corrected chi connectivity index (χ4v) is 2.90. The number of nitrogens with zero attached hydrogens (tertiary/aromatic N) is 2. The molecule has 5 nitrogen and oxygen atoms in total. The zero-order valence-electron chi connectivity index (χ0n) is 12.5. The highest BCUT2D eigenvalue weighted by Gasteiger charge is 2.23. The molecule has 1 aliphatic carbocycles. The summed E-state index contributed by atoms with van der Waals surface area (Å²) in [7, 11) is 1.84.